The fraction of sp³-hybridized carbons (Fsp3) is 0.625. The van der Waals surface area contributed by atoms with Gasteiger partial charge in [-0.3, -0.25) is 14.7 Å². The van der Waals surface area contributed by atoms with Crippen molar-refractivity contribution in [2.75, 3.05) is 13.1 Å². The summed E-state index contributed by atoms with van der Waals surface area (Å²) in [6, 6.07) is 3.39. The molecule has 0 saturated carbocycles. The highest BCUT2D eigenvalue weighted by atomic mass is 19.1. The molecule has 1 aromatic rings. The minimum absolute atomic E-state index is 0.00539. The van der Waals surface area contributed by atoms with Crippen molar-refractivity contribution in [3.63, 3.8) is 0 Å². The number of likely N-dealkylation sites (tertiary alicyclic amines) is 1. The Balaban J connectivity index is 1.86. The minimum atomic E-state index is -0.402. The lowest BCUT2D eigenvalue weighted by molar-refractivity contribution is 0.0914. The number of aromatic nitrogens is 1. The van der Waals surface area contributed by atoms with Crippen LogP contribution in [0.1, 0.15) is 55.9 Å². The van der Waals surface area contributed by atoms with E-state index in [4.69, 9.17) is 0 Å². The van der Waals surface area contributed by atoms with Crippen LogP contribution >= 0.6 is 0 Å². The fourth-order valence-corrected chi connectivity index (χ4v) is 2.93. The van der Waals surface area contributed by atoms with E-state index in [-0.39, 0.29) is 5.78 Å². The third kappa shape index (κ3) is 4.10. The lowest BCUT2D eigenvalue weighted by Crippen LogP contribution is -2.40. The molecule has 1 atom stereocenters. The third-order valence-corrected chi connectivity index (χ3v) is 4.01. The number of pyridine rings is 1. The molecule has 0 spiro atoms. The number of Topliss-reactive ketones (excluding diaryl/α,β-unsaturated/α-hetero) is 1. The second-order valence-corrected chi connectivity index (χ2v) is 5.51. The molecule has 0 amide bonds. The van der Waals surface area contributed by atoms with Gasteiger partial charge in [-0.25, -0.2) is 4.39 Å². The molecule has 0 radical (unpaired) electrons. The molecule has 3 nitrogen and oxygen atoms in total. The van der Waals surface area contributed by atoms with Crippen LogP contribution in [0.3, 0.4) is 0 Å². The molecule has 4 heteroatoms. The van der Waals surface area contributed by atoms with E-state index in [1.807, 2.05) is 0 Å². The molecule has 2 heterocycles. The number of hydrogen-bond donors (Lipinski definition) is 0. The van der Waals surface area contributed by atoms with Gasteiger partial charge >= 0.3 is 0 Å². The highest BCUT2D eigenvalue weighted by molar-refractivity contribution is 5.94. The van der Waals surface area contributed by atoms with Gasteiger partial charge < -0.3 is 0 Å². The number of carbonyl (C=O) groups is 1. The molecule has 110 valence electrons. The number of rotatable bonds is 6. The van der Waals surface area contributed by atoms with Crippen LogP contribution in [0.5, 0.6) is 0 Å². The molecular formula is C16H23FN2O. The Hall–Kier alpha value is -1.29. The average molecular weight is 278 g/mol. The van der Waals surface area contributed by atoms with Crippen LogP contribution in [-0.2, 0) is 0 Å². The topological polar surface area (TPSA) is 33.2 Å². The Kier molecular flexibility index (Phi) is 5.65. The molecule has 1 saturated heterocycles. The maximum absolute atomic E-state index is 12.8. The monoisotopic (exact) mass is 278 g/mol. The Morgan fingerprint density at radius 2 is 2.30 bits per heavy atom. The summed E-state index contributed by atoms with van der Waals surface area (Å²) in [5.74, 6) is -0.397. The zero-order chi connectivity index (χ0) is 14.4. The summed E-state index contributed by atoms with van der Waals surface area (Å²) in [5.41, 5.74) is 0.371. The minimum Gasteiger partial charge on any atom is -0.300 e. The lowest BCUT2D eigenvalue weighted by Gasteiger charge is -2.35. The molecule has 0 N–H and O–H groups in total. The highest BCUT2D eigenvalue weighted by Gasteiger charge is 2.22. The second kappa shape index (κ2) is 7.48. The summed E-state index contributed by atoms with van der Waals surface area (Å²) in [5, 5.41) is 0. The van der Waals surface area contributed by atoms with Crippen LogP contribution in [0.25, 0.3) is 0 Å². The first kappa shape index (κ1) is 15.1. The van der Waals surface area contributed by atoms with E-state index in [0.29, 0.717) is 18.2 Å². The first-order valence-corrected chi connectivity index (χ1v) is 7.59. The standard InChI is InChI=1S/C16H23FN2O/c1-2-5-14-6-3-4-10-19(14)11-9-16(20)15-8-7-13(17)12-18-15/h7-8,12,14H,2-6,9-11H2,1H3. The van der Waals surface area contributed by atoms with E-state index in [1.54, 1.807) is 0 Å². The number of halogens is 1. The number of piperidine rings is 1. The average Bonchev–Trinajstić information content (AvgIpc) is 2.47. The quantitative estimate of drug-likeness (QED) is 0.747. The van der Waals surface area contributed by atoms with E-state index >= 15 is 0 Å². The van der Waals surface area contributed by atoms with E-state index in [2.05, 4.69) is 16.8 Å². The first-order chi connectivity index (χ1) is 9.70. The zero-order valence-corrected chi connectivity index (χ0v) is 12.1. The Morgan fingerprint density at radius 1 is 1.45 bits per heavy atom. The van der Waals surface area contributed by atoms with Crippen molar-refractivity contribution in [2.24, 2.45) is 0 Å². The Labute approximate surface area is 120 Å². The molecule has 1 unspecified atom stereocenters. The van der Waals surface area contributed by atoms with Crippen molar-refractivity contribution in [1.29, 1.82) is 0 Å². The van der Waals surface area contributed by atoms with Gasteiger partial charge in [0.25, 0.3) is 0 Å². The van der Waals surface area contributed by atoms with Gasteiger partial charge in [-0.2, -0.15) is 0 Å². The van der Waals surface area contributed by atoms with Crippen LogP contribution in [0.2, 0.25) is 0 Å². The van der Waals surface area contributed by atoms with Gasteiger partial charge in [0, 0.05) is 19.0 Å². The van der Waals surface area contributed by atoms with Crippen molar-refractivity contribution < 1.29 is 9.18 Å². The molecule has 0 aliphatic carbocycles. The molecule has 2 rings (SSSR count). The summed E-state index contributed by atoms with van der Waals surface area (Å²) >= 11 is 0. The van der Waals surface area contributed by atoms with Gasteiger partial charge in [-0.15, -0.1) is 0 Å². The molecule has 1 aliphatic rings. The fourth-order valence-electron chi connectivity index (χ4n) is 2.93. The third-order valence-electron chi connectivity index (χ3n) is 4.01. The number of carbonyl (C=O) groups excluding carboxylic acids is 1. The van der Waals surface area contributed by atoms with Crippen molar-refractivity contribution in [3.8, 4) is 0 Å². The molecule has 1 aliphatic heterocycles. The van der Waals surface area contributed by atoms with Gasteiger partial charge in [0.15, 0.2) is 5.78 Å². The highest BCUT2D eigenvalue weighted by Crippen LogP contribution is 2.21. The van der Waals surface area contributed by atoms with Gasteiger partial charge in [-0.1, -0.05) is 19.8 Å². The SMILES string of the molecule is CCCC1CCCCN1CCC(=O)c1ccc(F)cn1. The smallest absolute Gasteiger partial charge is 0.182 e. The van der Waals surface area contributed by atoms with Crippen molar-refractivity contribution >= 4 is 5.78 Å². The van der Waals surface area contributed by atoms with E-state index in [1.165, 1.54) is 44.2 Å². The van der Waals surface area contributed by atoms with E-state index < -0.39 is 5.82 Å². The van der Waals surface area contributed by atoms with Crippen molar-refractivity contribution in [1.82, 2.24) is 9.88 Å². The van der Waals surface area contributed by atoms with Crippen LogP contribution < -0.4 is 0 Å². The largest absolute Gasteiger partial charge is 0.300 e. The Morgan fingerprint density at radius 3 is 3.00 bits per heavy atom. The summed E-state index contributed by atoms with van der Waals surface area (Å²) in [6.07, 6.45) is 7.75. The zero-order valence-electron chi connectivity index (χ0n) is 12.1. The molecule has 1 fully saturated rings. The van der Waals surface area contributed by atoms with E-state index in [9.17, 15) is 9.18 Å². The lowest BCUT2D eigenvalue weighted by atomic mass is 9.97. The number of nitrogens with zero attached hydrogens (tertiary/aromatic N) is 2. The van der Waals surface area contributed by atoms with Crippen LogP contribution in [0, 0.1) is 5.82 Å². The second-order valence-electron chi connectivity index (χ2n) is 5.51. The summed E-state index contributed by atoms with van der Waals surface area (Å²) < 4.78 is 12.8. The predicted octanol–water partition coefficient (Wildman–Crippen LogP) is 3.45. The summed E-state index contributed by atoms with van der Waals surface area (Å²) in [6.45, 7) is 4.09. The molecule has 20 heavy (non-hydrogen) atoms. The van der Waals surface area contributed by atoms with E-state index in [0.717, 1.165) is 19.3 Å². The van der Waals surface area contributed by atoms with Crippen LogP contribution in [0.15, 0.2) is 18.3 Å². The van der Waals surface area contributed by atoms with Gasteiger partial charge in [0.05, 0.1) is 6.20 Å². The predicted molar refractivity (Wildman–Crippen MR) is 77.3 cm³/mol. The van der Waals surface area contributed by atoms with Crippen molar-refractivity contribution in [3.05, 3.63) is 29.8 Å². The molecule has 0 bridgehead atoms. The molecule has 0 aromatic carbocycles. The first-order valence-electron chi connectivity index (χ1n) is 7.59. The molecular weight excluding hydrogens is 255 g/mol. The summed E-state index contributed by atoms with van der Waals surface area (Å²) in [4.78, 5) is 18.3. The van der Waals surface area contributed by atoms with Crippen LogP contribution in [0.4, 0.5) is 4.39 Å². The number of ketones is 1. The van der Waals surface area contributed by atoms with Gasteiger partial charge in [0.2, 0.25) is 0 Å². The maximum Gasteiger partial charge on any atom is 0.182 e. The van der Waals surface area contributed by atoms with Gasteiger partial charge in [0.1, 0.15) is 11.5 Å². The Bertz CT molecular complexity index is 431. The van der Waals surface area contributed by atoms with Crippen molar-refractivity contribution in [2.45, 2.75) is 51.5 Å². The molecule has 1 aromatic heterocycles. The summed E-state index contributed by atoms with van der Waals surface area (Å²) in [7, 11) is 0. The van der Waals surface area contributed by atoms with Gasteiger partial charge in [-0.05, 0) is 37.9 Å². The normalized spacial score (nSPS) is 20.0. The van der Waals surface area contributed by atoms with Crippen LogP contribution in [-0.4, -0.2) is 34.8 Å². The number of hydrogen-bond acceptors (Lipinski definition) is 3. The maximum atomic E-state index is 12.8.